The molecule has 0 radical (unpaired) electrons. The number of anilines is 1. The van der Waals surface area contributed by atoms with E-state index in [1.807, 2.05) is 43.3 Å². The zero-order valence-corrected chi connectivity index (χ0v) is 11.2. The van der Waals surface area contributed by atoms with Crippen LogP contribution in [0.25, 0.3) is 0 Å². The number of nitrogens with two attached hydrogens (primary N) is 1. The Balaban J connectivity index is 0.00000162. The normalized spacial score (nSPS) is 9.61. The maximum absolute atomic E-state index is 5.75. The zero-order valence-electron chi connectivity index (χ0n) is 10.4. The van der Waals surface area contributed by atoms with Crippen LogP contribution in [0.15, 0.2) is 48.5 Å². The van der Waals surface area contributed by atoms with E-state index >= 15 is 0 Å². The lowest BCUT2D eigenvalue weighted by Crippen LogP contribution is -2.01. The second-order valence-corrected chi connectivity index (χ2v) is 4.10. The molecule has 0 bridgehead atoms. The van der Waals surface area contributed by atoms with Gasteiger partial charge < -0.3 is 10.5 Å². The molecule has 3 heteroatoms. The second kappa shape index (κ2) is 6.92. The molecule has 0 saturated heterocycles. The number of ether oxygens (including phenoxy) is 1. The molecule has 2 N–H and O–H groups in total. The predicted molar refractivity (Wildman–Crippen MR) is 78.5 cm³/mol. The fourth-order valence-corrected chi connectivity index (χ4v) is 1.67. The Morgan fingerprint density at radius 1 is 1.06 bits per heavy atom. The number of hydrogen-bond donors (Lipinski definition) is 1. The van der Waals surface area contributed by atoms with Crippen LogP contribution in [0.3, 0.4) is 0 Å². The first kappa shape index (κ1) is 14.4. The number of benzene rings is 2. The summed E-state index contributed by atoms with van der Waals surface area (Å²) < 4.78 is 5.69. The van der Waals surface area contributed by atoms with Crippen molar-refractivity contribution in [2.75, 3.05) is 12.3 Å². The second-order valence-electron chi connectivity index (χ2n) is 4.10. The topological polar surface area (TPSA) is 35.2 Å². The van der Waals surface area contributed by atoms with Crippen molar-refractivity contribution in [3.05, 3.63) is 59.7 Å². The minimum absolute atomic E-state index is 0. The maximum Gasteiger partial charge on any atom is 0.119 e. The average molecular weight is 264 g/mol. The number of aryl methyl sites for hydroxylation is 1. The Morgan fingerprint density at radius 3 is 2.44 bits per heavy atom. The van der Waals surface area contributed by atoms with Gasteiger partial charge >= 0.3 is 0 Å². The molecule has 0 aliphatic heterocycles. The summed E-state index contributed by atoms with van der Waals surface area (Å²) in [6.07, 6.45) is 0.921. The highest BCUT2D eigenvalue weighted by atomic mass is 35.5. The smallest absolute Gasteiger partial charge is 0.119 e. The summed E-state index contributed by atoms with van der Waals surface area (Å²) in [6, 6.07) is 16.1. The van der Waals surface area contributed by atoms with Crippen LogP contribution in [-0.4, -0.2) is 6.61 Å². The summed E-state index contributed by atoms with van der Waals surface area (Å²) in [5.41, 5.74) is 8.91. The van der Waals surface area contributed by atoms with Crippen molar-refractivity contribution < 1.29 is 4.74 Å². The number of nitrogen functional groups attached to an aromatic ring is 1. The Labute approximate surface area is 114 Å². The Morgan fingerprint density at radius 2 is 1.78 bits per heavy atom. The van der Waals surface area contributed by atoms with E-state index in [0.29, 0.717) is 6.61 Å². The monoisotopic (exact) mass is 263 g/mol. The van der Waals surface area contributed by atoms with Crippen LogP contribution in [-0.2, 0) is 6.42 Å². The van der Waals surface area contributed by atoms with Crippen LogP contribution in [0.2, 0.25) is 0 Å². The third-order valence-electron chi connectivity index (χ3n) is 2.74. The fraction of sp³-hybridized carbons (Fsp3) is 0.200. The quantitative estimate of drug-likeness (QED) is 0.855. The highest BCUT2D eigenvalue weighted by molar-refractivity contribution is 5.85. The minimum Gasteiger partial charge on any atom is -0.493 e. The molecule has 0 aliphatic carbocycles. The van der Waals surface area contributed by atoms with Crippen LogP contribution in [0, 0.1) is 6.92 Å². The zero-order chi connectivity index (χ0) is 12.1. The van der Waals surface area contributed by atoms with Gasteiger partial charge in [0.25, 0.3) is 0 Å². The fourth-order valence-electron chi connectivity index (χ4n) is 1.67. The lowest BCUT2D eigenvalue weighted by molar-refractivity contribution is 0.322. The predicted octanol–water partition coefficient (Wildman–Crippen LogP) is 3.62. The summed E-state index contributed by atoms with van der Waals surface area (Å²) in [5, 5.41) is 0. The van der Waals surface area contributed by atoms with E-state index < -0.39 is 0 Å². The number of rotatable bonds is 4. The molecule has 0 saturated carbocycles. The van der Waals surface area contributed by atoms with Crippen LogP contribution in [0.5, 0.6) is 5.75 Å². The van der Waals surface area contributed by atoms with Gasteiger partial charge in [0.2, 0.25) is 0 Å². The molecule has 0 spiro atoms. The van der Waals surface area contributed by atoms with Gasteiger partial charge in [-0.05, 0) is 36.2 Å². The van der Waals surface area contributed by atoms with Crippen LogP contribution in [0.4, 0.5) is 5.69 Å². The molecule has 2 aromatic carbocycles. The Bertz CT molecular complexity index is 485. The molecule has 0 heterocycles. The van der Waals surface area contributed by atoms with Gasteiger partial charge in [0.1, 0.15) is 5.75 Å². The SMILES string of the molecule is Cc1cc(OCCc2ccccc2)ccc1N.Cl. The van der Waals surface area contributed by atoms with E-state index in [0.717, 1.165) is 23.4 Å². The molecule has 0 fully saturated rings. The van der Waals surface area contributed by atoms with Gasteiger partial charge in [-0.15, -0.1) is 12.4 Å². The average Bonchev–Trinajstić information content (AvgIpc) is 2.35. The van der Waals surface area contributed by atoms with Crippen molar-refractivity contribution >= 4 is 18.1 Å². The summed E-state index contributed by atoms with van der Waals surface area (Å²) in [5.74, 6) is 0.882. The lowest BCUT2D eigenvalue weighted by Gasteiger charge is -2.08. The first-order valence-corrected chi connectivity index (χ1v) is 5.78. The third-order valence-corrected chi connectivity index (χ3v) is 2.74. The van der Waals surface area contributed by atoms with E-state index in [2.05, 4.69) is 12.1 Å². The molecule has 2 aromatic rings. The molecule has 0 amide bonds. The Kier molecular flexibility index (Phi) is 5.53. The van der Waals surface area contributed by atoms with Crippen LogP contribution >= 0.6 is 12.4 Å². The largest absolute Gasteiger partial charge is 0.493 e. The Hall–Kier alpha value is -1.67. The van der Waals surface area contributed by atoms with Gasteiger partial charge in [0, 0.05) is 12.1 Å². The lowest BCUT2D eigenvalue weighted by atomic mass is 10.2. The molecule has 0 aromatic heterocycles. The molecule has 96 valence electrons. The van der Waals surface area contributed by atoms with Crippen molar-refractivity contribution in [2.24, 2.45) is 0 Å². The van der Waals surface area contributed by atoms with E-state index in [4.69, 9.17) is 10.5 Å². The highest BCUT2D eigenvalue weighted by Gasteiger charge is 1.98. The first-order chi connectivity index (χ1) is 8.25. The van der Waals surface area contributed by atoms with Gasteiger partial charge in [-0.25, -0.2) is 0 Å². The molecule has 18 heavy (non-hydrogen) atoms. The maximum atomic E-state index is 5.75. The first-order valence-electron chi connectivity index (χ1n) is 5.78. The van der Waals surface area contributed by atoms with E-state index in [9.17, 15) is 0 Å². The number of halogens is 1. The summed E-state index contributed by atoms with van der Waals surface area (Å²) in [7, 11) is 0. The van der Waals surface area contributed by atoms with Crippen molar-refractivity contribution in [2.45, 2.75) is 13.3 Å². The molecular weight excluding hydrogens is 246 g/mol. The molecular formula is C15H18ClNO. The van der Waals surface area contributed by atoms with Crippen molar-refractivity contribution in [3.63, 3.8) is 0 Å². The van der Waals surface area contributed by atoms with E-state index in [-0.39, 0.29) is 12.4 Å². The standard InChI is InChI=1S/C15H17NO.ClH/c1-12-11-14(7-8-15(12)16)17-10-9-13-5-3-2-4-6-13;/h2-8,11H,9-10,16H2,1H3;1H. The van der Waals surface area contributed by atoms with Crippen molar-refractivity contribution in [1.82, 2.24) is 0 Å². The molecule has 0 atom stereocenters. The number of hydrogen-bond acceptors (Lipinski definition) is 2. The van der Waals surface area contributed by atoms with Crippen molar-refractivity contribution in [3.8, 4) is 5.75 Å². The van der Waals surface area contributed by atoms with Gasteiger partial charge in [0.15, 0.2) is 0 Å². The molecule has 2 nitrogen and oxygen atoms in total. The van der Waals surface area contributed by atoms with Gasteiger partial charge in [-0.1, -0.05) is 30.3 Å². The van der Waals surface area contributed by atoms with Crippen molar-refractivity contribution in [1.29, 1.82) is 0 Å². The summed E-state index contributed by atoms with van der Waals surface area (Å²) in [6.45, 7) is 2.67. The third kappa shape index (κ3) is 3.97. The highest BCUT2D eigenvalue weighted by Crippen LogP contribution is 2.18. The van der Waals surface area contributed by atoms with Crippen LogP contribution in [0.1, 0.15) is 11.1 Å². The summed E-state index contributed by atoms with van der Waals surface area (Å²) in [4.78, 5) is 0. The van der Waals surface area contributed by atoms with E-state index in [1.54, 1.807) is 0 Å². The summed E-state index contributed by atoms with van der Waals surface area (Å²) >= 11 is 0. The van der Waals surface area contributed by atoms with Crippen LogP contribution < -0.4 is 10.5 Å². The minimum atomic E-state index is 0. The van der Waals surface area contributed by atoms with Gasteiger partial charge in [-0.2, -0.15) is 0 Å². The van der Waals surface area contributed by atoms with Gasteiger partial charge in [-0.3, -0.25) is 0 Å². The van der Waals surface area contributed by atoms with Gasteiger partial charge in [0.05, 0.1) is 6.61 Å². The van der Waals surface area contributed by atoms with E-state index in [1.165, 1.54) is 5.56 Å². The molecule has 0 aliphatic rings. The molecule has 2 rings (SSSR count). The molecule has 0 unspecified atom stereocenters.